The number of nitrogens with one attached hydrogen (secondary N) is 1. The van der Waals surface area contributed by atoms with E-state index in [0.29, 0.717) is 12.6 Å². The zero-order chi connectivity index (χ0) is 15.4. The van der Waals surface area contributed by atoms with Gasteiger partial charge in [0.15, 0.2) is 0 Å². The van der Waals surface area contributed by atoms with E-state index in [9.17, 15) is 4.79 Å². The van der Waals surface area contributed by atoms with Crippen molar-refractivity contribution in [1.82, 2.24) is 14.9 Å². The highest BCUT2D eigenvalue weighted by Gasteiger charge is 2.25. The molecule has 4 heteroatoms. The minimum Gasteiger partial charge on any atom is -0.346 e. The number of hydrogen-bond donors (Lipinski definition) is 1. The van der Waals surface area contributed by atoms with Crippen LogP contribution in [0.3, 0.4) is 0 Å². The van der Waals surface area contributed by atoms with E-state index in [2.05, 4.69) is 33.9 Å². The molecule has 22 heavy (non-hydrogen) atoms. The minimum atomic E-state index is -0.0226. The summed E-state index contributed by atoms with van der Waals surface area (Å²) in [6, 6.07) is 8.53. The second-order valence-corrected chi connectivity index (χ2v) is 6.01. The molecule has 116 valence electrons. The Hall–Kier alpha value is -2.10. The molecule has 0 bridgehead atoms. The number of carbonyl (C=O) groups excluding carboxylic acids is 1. The Morgan fingerprint density at radius 2 is 2.09 bits per heavy atom. The van der Waals surface area contributed by atoms with E-state index in [4.69, 9.17) is 0 Å². The Balaban J connectivity index is 1.56. The molecule has 0 radical (unpaired) electrons. The number of rotatable bonds is 7. The maximum atomic E-state index is 12.2. The largest absolute Gasteiger partial charge is 0.346 e. The van der Waals surface area contributed by atoms with Crippen LogP contribution in [0.1, 0.15) is 60.3 Å². The third-order valence-electron chi connectivity index (χ3n) is 4.15. The van der Waals surface area contributed by atoms with Crippen LogP contribution < -0.4 is 5.32 Å². The van der Waals surface area contributed by atoms with Crippen molar-refractivity contribution in [3.8, 4) is 0 Å². The van der Waals surface area contributed by atoms with E-state index in [1.165, 1.54) is 31.2 Å². The molecule has 1 fully saturated rings. The van der Waals surface area contributed by atoms with E-state index >= 15 is 0 Å². The average molecular weight is 297 g/mol. The molecule has 1 aromatic carbocycles. The minimum absolute atomic E-state index is 0.0226. The van der Waals surface area contributed by atoms with E-state index in [1.54, 1.807) is 0 Å². The van der Waals surface area contributed by atoms with Crippen molar-refractivity contribution in [2.45, 2.75) is 51.6 Å². The van der Waals surface area contributed by atoms with Gasteiger partial charge in [0, 0.05) is 17.8 Å². The molecule has 1 N–H and O–H groups in total. The van der Waals surface area contributed by atoms with Gasteiger partial charge in [-0.25, -0.2) is 4.98 Å². The van der Waals surface area contributed by atoms with Gasteiger partial charge in [0.05, 0.1) is 18.6 Å². The van der Waals surface area contributed by atoms with E-state index in [0.717, 1.165) is 17.7 Å². The van der Waals surface area contributed by atoms with Crippen molar-refractivity contribution >= 4 is 5.91 Å². The van der Waals surface area contributed by atoms with Gasteiger partial charge < -0.3 is 9.88 Å². The molecule has 0 saturated heterocycles. The summed E-state index contributed by atoms with van der Waals surface area (Å²) in [4.78, 5) is 16.4. The number of carbonyl (C=O) groups is 1. The zero-order valence-electron chi connectivity index (χ0n) is 13.1. The van der Waals surface area contributed by atoms with Crippen LogP contribution in [0.2, 0.25) is 0 Å². The third kappa shape index (κ3) is 3.56. The maximum absolute atomic E-state index is 12.2. The lowest BCUT2D eigenvalue weighted by Crippen LogP contribution is -2.24. The van der Waals surface area contributed by atoms with E-state index in [-0.39, 0.29) is 5.91 Å². The lowest BCUT2D eigenvalue weighted by molar-refractivity contribution is 0.0950. The molecular formula is C18H23N3O. The van der Waals surface area contributed by atoms with Gasteiger partial charge in [-0.05, 0) is 43.4 Å². The van der Waals surface area contributed by atoms with Crippen molar-refractivity contribution in [3.63, 3.8) is 0 Å². The van der Waals surface area contributed by atoms with Gasteiger partial charge in [0.2, 0.25) is 0 Å². The molecular weight excluding hydrogens is 274 g/mol. The highest BCUT2D eigenvalue weighted by Crippen LogP contribution is 2.35. The Morgan fingerprint density at radius 3 is 2.77 bits per heavy atom. The molecule has 1 aliphatic carbocycles. The number of nitrogens with zero attached hydrogens (tertiary/aromatic N) is 2. The van der Waals surface area contributed by atoms with Crippen molar-refractivity contribution < 1.29 is 4.79 Å². The molecule has 0 spiro atoms. The van der Waals surface area contributed by atoms with Crippen LogP contribution >= 0.6 is 0 Å². The molecule has 0 atom stereocenters. The SMILES string of the molecule is CCCCc1ccc(C(=O)NCc2cncn2C2CC2)cc1. The summed E-state index contributed by atoms with van der Waals surface area (Å²) in [6.45, 7) is 2.72. The summed E-state index contributed by atoms with van der Waals surface area (Å²) < 4.78 is 2.17. The molecule has 1 aromatic heterocycles. The predicted octanol–water partition coefficient (Wildman–Crippen LogP) is 3.49. The summed E-state index contributed by atoms with van der Waals surface area (Å²) in [7, 11) is 0. The number of unbranched alkanes of at least 4 members (excludes halogenated alkanes) is 1. The first-order chi connectivity index (χ1) is 10.8. The molecule has 1 amide bonds. The molecule has 3 rings (SSSR count). The van der Waals surface area contributed by atoms with Crippen LogP contribution in [0.15, 0.2) is 36.8 Å². The molecule has 1 saturated carbocycles. The first-order valence-electron chi connectivity index (χ1n) is 8.15. The van der Waals surface area contributed by atoms with Gasteiger partial charge >= 0.3 is 0 Å². The monoisotopic (exact) mass is 297 g/mol. The Bertz CT molecular complexity index is 626. The van der Waals surface area contributed by atoms with E-state index in [1.807, 2.05) is 24.7 Å². The molecule has 4 nitrogen and oxygen atoms in total. The molecule has 0 unspecified atom stereocenters. The lowest BCUT2D eigenvalue weighted by Gasteiger charge is -2.09. The molecule has 0 aliphatic heterocycles. The Labute approximate surface area is 131 Å². The Morgan fingerprint density at radius 1 is 1.32 bits per heavy atom. The fourth-order valence-electron chi connectivity index (χ4n) is 2.63. The molecule has 2 aromatic rings. The van der Waals surface area contributed by atoms with Crippen LogP contribution in [-0.2, 0) is 13.0 Å². The number of amides is 1. The smallest absolute Gasteiger partial charge is 0.251 e. The van der Waals surface area contributed by atoms with Crippen LogP contribution in [0.4, 0.5) is 0 Å². The zero-order valence-corrected chi connectivity index (χ0v) is 13.1. The van der Waals surface area contributed by atoms with Crippen LogP contribution in [0.25, 0.3) is 0 Å². The molecule has 1 aliphatic rings. The van der Waals surface area contributed by atoms with Crippen LogP contribution in [0, 0.1) is 0 Å². The highest BCUT2D eigenvalue weighted by atomic mass is 16.1. The van der Waals surface area contributed by atoms with Gasteiger partial charge in [-0.2, -0.15) is 0 Å². The first-order valence-corrected chi connectivity index (χ1v) is 8.15. The van der Waals surface area contributed by atoms with Gasteiger partial charge in [-0.1, -0.05) is 25.5 Å². The van der Waals surface area contributed by atoms with Crippen molar-refractivity contribution in [1.29, 1.82) is 0 Å². The summed E-state index contributed by atoms with van der Waals surface area (Å²) in [6.07, 6.45) is 9.60. The summed E-state index contributed by atoms with van der Waals surface area (Å²) >= 11 is 0. The van der Waals surface area contributed by atoms with Gasteiger partial charge in [-0.15, -0.1) is 0 Å². The van der Waals surface area contributed by atoms with Gasteiger partial charge in [-0.3, -0.25) is 4.79 Å². The second kappa shape index (κ2) is 6.77. The summed E-state index contributed by atoms with van der Waals surface area (Å²) in [5.74, 6) is -0.0226. The van der Waals surface area contributed by atoms with E-state index < -0.39 is 0 Å². The maximum Gasteiger partial charge on any atom is 0.251 e. The Kier molecular flexibility index (Phi) is 4.56. The standard InChI is InChI=1S/C18H23N3O/c1-2-3-4-14-5-7-15(8-6-14)18(22)20-12-17-11-19-13-21(17)16-9-10-16/h5-8,11,13,16H,2-4,9-10,12H2,1H3,(H,20,22). The average Bonchev–Trinajstić information content (AvgIpc) is 3.29. The fourth-order valence-corrected chi connectivity index (χ4v) is 2.63. The number of aromatic nitrogens is 2. The van der Waals surface area contributed by atoms with Crippen LogP contribution in [0.5, 0.6) is 0 Å². The van der Waals surface area contributed by atoms with Crippen LogP contribution in [-0.4, -0.2) is 15.5 Å². The van der Waals surface area contributed by atoms with Crippen molar-refractivity contribution in [2.75, 3.05) is 0 Å². The number of benzene rings is 1. The number of imidazole rings is 1. The number of hydrogen-bond acceptors (Lipinski definition) is 2. The quantitative estimate of drug-likeness (QED) is 0.850. The summed E-state index contributed by atoms with van der Waals surface area (Å²) in [5, 5.41) is 2.99. The highest BCUT2D eigenvalue weighted by molar-refractivity contribution is 5.94. The normalized spacial score (nSPS) is 14.0. The van der Waals surface area contributed by atoms with Crippen molar-refractivity contribution in [2.24, 2.45) is 0 Å². The fraction of sp³-hybridized carbons (Fsp3) is 0.444. The molecule has 1 heterocycles. The third-order valence-corrected chi connectivity index (χ3v) is 4.15. The second-order valence-electron chi connectivity index (χ2n) is 6.01. The van der Waals surface area contributed by atoms with Gasteiger partial charge in [0.25, 0.3) is 5.91 Å². The lowest BCUT2D eigenvalue weighted by atomic mass is 10.1. The predicted molar refractivity (Wildman–Crippen MR) is 86.7 cm³/mol. The van der Waals surface area contributed by atoms with Crippen molar-refractivity contribution in [3.05, 3.63) is 53.6 Å². The summed E-state index contributed by atoms with van der Waals surface area (Å²) in [5.41, 5.74) is 3.10. The first kappa shape index (κ1) is 14.8. The number of aryl methyl sites for hydroxylation is 1. The van der Waals surface area contributed by atoms with Gasteiger partial charge in [0.1, 0.15) is 0 Å². The topological polar surface area (TPSA) is 46.9 Å².